The highest BCUT2D eigenvalue weighted by Gasteiger charge is 2.56. The average Bonchev–Trinajstić information content (AvgIpc) is 2.60. The van der Waals surface area contributed by atoms with Crippen LogP contribution in [0.1, 0.15) is 13.3 Å². The molecule has 0 radical (unpaired) electrons. The summed E-state index contributed by atoms with van der Waals surface area (Å²) in [6.45, 7) is 1.50. The van der Waals surface area contributed by atoms with Crippen molar-refractivity contribution in [2.24, 2.45) is 5.92 Å². The van der Waals surface area contributed by atoms with E-state index < -0.39 is 18.0 Å². The molecule has 0 saturated carbocycles. The summed E-state index contributed by atoms with van der Waals surface area (Å²) >= 11 is 1.26. The van der Waals surface area contributed by atoms with Gasteiger partial charge in [-0.15, -0.1) is 11.8 Å². The minimum atomic E-state index is -1.13. The summed E-state index contributed by atoms with van der Waals surface area (Å²) in [6.07, 6.45) is -0.316. The highest BCUT2D eigenvalue weighted by Crippen LogP contribution is 2.46. The molecule has 3 N–H and O–H groups in total. The fourth-order valence-corrected chi connectivity index (χ4v) is 3.48. The molecule has 2 heterocycles. The van der Waals surface area contributed by atoms with Crippen LogP contribution in [0.5, 0.6) is 0 Å². The maximum absolute atomic E-state index is 11.8. The summed E-state index contributed by atoms with van der Waals surface area (Å²) in [6, 6.07) is -0.246. The van der Waals surface area contributed by atoms with Gasteiger partial charge in [0.15, 0.2) is 0 Å². The molecule has 2 rings (SSSR count). The van der Waals surface area contributed by atoms with Gasteiger partial charge >= 0.3 is 5.97 Å². The lowest BCUT2D eigenvalue weighted by atomic mass is 9.83. The molecule has 2 aliphatic rings. The SMILES string of the molecule is C[C@@H](O)C1C(=O)N2C(C(=O)O)=C(SCCO)CC12. The molecule has 0 aromatic heterocycles. The summed E-state index contributed by atoms with van der Waals surface area (Å²) < 4.78 is 0. The van der Waals surface area contributed by atoms with Gasteiger partial charge in [0.1, 0.15) is 5.70 Å². The Kier molecular flexibility index (Phi) is 3.65. The lowest BCUT2D eigenvalue weighted by molar-refractivity contribution is -0.161. The van der Waals surface area contributed by atoms with E-state index in [-0.39, 0.29) is 24.3 Å². The van der Waals surface area contributed by atoms with Crippen molar-refractivity contribution in [1.29, 1.82) is 0 Å². The van der Waals surface area contributed by atoms with Gasteiger partial charge in [-0.2, -0.15) is 0 Å². The second-order valence-electron chi connectivity index (χ2n) is 4.40. The van der Waals surface area contributed by atoms with Crippen molar-refractivity contribution in [3.8, 4) is 0 Å². The molecule has 0 spiro atoms. The Bertz CT molecular complexity index is 420. The van der Waals surface area contributed by atoms with E-state index >= 15 is 0 Å². The number of carbonyl (C=O) groups excluding carboxylic acids is 1. The lowest BCUT2D eigenvalue weighted by Crippen LogP contribution is -2.61. The highest BCUT2D eigenvalue weighted by molar-refractivity contribution is 8.03. The van der Waals surface area contributed by atoms with Gasteiger partial charge in [0.25, 0.3) is 0 Å². The number of amides is 1. The van der Waals surface area contributed by atoms with Crippen LogP contribution in [-0.2, 0) is 9.59 Å². The van der Waals surface area contributed by atoms with E-state index in [0.717, 1.165) is 0 Å². The molecule has 0 aromatic carbocycles. The van der Waals surface area contributed by atoms with E-state index in [1.54, 1.807) is 6.92 Å². The molecule has 0 aliphatic carbocycles. The molecule has 7 heteroatoms. The maximum Gasteiger partial charge on any atom is 0.353 e. The van der Waals surface area contributed by atoms with Gasteiger partial charge in [0, 0.05) is 17.1 Å². The third kappa shape index (κ3) is 1.92. The van der Waals surface area contributed by atoms with Gasteiger partial charge in [0.2, 0.25) is 5.91 Å². The second-order valence-corrected chi connectivity index (χ2v) is 5.58. The molecule has 2 unspecified atom stereocenters. The molecular weight excluding hydrogens is 258 g/mol. The average molecular weight is 273 g/mol. The van der Waals surface area contributed by atoms with Gasteiger partial charge in [-0.05, 0) is 6.92 Å². The number of nitrogens with zero attached hydrogens (tertiary/aromatic N) is 1. The maximum atomic E-state index is 11.8. The summed E-state index contributed by atoms with van der Waals surface area (Å²) in [7, 11) is 0. The molecule has 0 aromatic rings. The van der Waals surface area contributed by atoms with Crippen LogP contribution in [0.2, 0.25) is 0 Å². The van der Waals surface area contributed by atoms with Crippen LogP contribution < -0.4 is 0 Å². The van der Waals surface area contributed by atoms with Crippen LogP contribution in [0.4, 0.5) is 0 Å². The first-order chi connectivity index (χ1) is 8.49. The normalized spacial score (nSPS) is 28.2. The Morgan fingerprint density at radius 2 is 2.28 bits per heavy atom. The predicted octanol–water partition coefficient (Wildman–Crippen LogP) is -0.380. The Labute approximate surface area is 108 Å². The first-order valence-corrected chi connectivity index (χ1v) is 6.68. The lowest BCUT2D eigenvalue weighted by Gasteiger charge is -2.44. The van der Waals surface area contributed by atoms with Crippen molar-refractivity contribution in [3.63, 3.8) is 0 Å². The number of carboxylic acid groups (broad SMARTS) is 1. The monoisotopic (exact) mass is 273 g/mol. The number of hydrogen-bond acceptors (Lipinski definition) is 5. The van der Waals surface area contributed by atoms with Crippen LogP contribution in [0.15, 0.2) is 10.6 Å². The minimum Gasteiger partial charge on any atom is -0.477 e. The fraction of sp³-hybridized carbons (Fsp3) is 0.636. The summed E-state index contributed by atoms with van der Waals surface area (Å²) in [4.78, 5) is 24.9. The molecule has 0 bridgehead atoms. The van der Waals surface area contributed by atoms with Crippen molar-refractivity contribution in [2.45, 2.75) is 25.5 Å². The topological polar surface area (TPSA) is 98.1 Å². The number of carboxylic acids is 1. The van der Waals surface area contributed by atoms with Gasteiger partial charge < -0.3 is 20.2 Å². The number of aliphatic hydroxyl groups excluding tert-OH is 2. The molecule has 18 heavy (non-hydrogen) atoms. The first kappa shape index (κ1) is 13.4. The molecule has 100 valence electrons. The molecule has 3 atom stereocenters. The van der Waals surface area contributed by atoms with E-state index in [1.165, 1.54) is 16.7 Å². The molecule has 1 fully saturated rings. The number of rotatable bonds is 5. The van der Waals surface area contributed by atoms with E-state index in [9.17, 15) is 14.7 Å². The quantitative estimate of drug-likeness (QED) is 0.591. The zero-order chi connectivity index (χ0) is 13.4. The highest BCUT2D eigenvalue weighted by atomic mass is 32.2. The number of carbonyl (C=O) groups is 2. The smallest absolute Gasteiger partial charge is 0.353 e. The van der Waals surface area contributed by atoms with E-state index in [1.807, 2.05) is 0 Å². The van der Waals surface area contributed by atoms with Crippen molar-refractivity contribution in [2.75, 3.05) is 12.4 Å². The predicted molar refractivity (Wildman–Crippen MR) is 64.6 cm³/mol. The molecule has 1 amide bonds. The van der Waals surface area contributed by atoms with E-state index in [4.69, 9.17) is 10.2 Å². The largest absolute Gasteiger partial charge is 0.477 e. The minimum absolute atomic E-state index is 0.0142. The Balaban J connectivity index is 2.21. The van der Waals surface area contributed by atoms with Crippen molar-refractivity contribution < 1.29 is 24.9 Å². The van der Waals surface area contributed by atoms with Crippen LogP contribution in [0.3, 0.4) is 0 Å². The third-order valence-corrected chi connectivity index (χ3v) is 4.35. The number of thioether (sulfide) groups is 1. The van der Waals surface area contributed by atoms with Crippen molar-refractivity contribution in [3.05, 3.63) is 10.6 Å². The van der Waals surface area contributed by atoms with Crippen LogP contribution in [-0.4, -0.2) is 56.6 Å². The van der Waals surface area contributed by atoms with Gasteiger partial charge in [-0.3, -0.25) is 4.79 Å². The third-order valence-electron chi connectivity index (χ3n) is 3.26. The van der Waals surface area contributed by atoms with Gasteiger partial charge in [0.05, 0.1) is 24.7 Å². The van der Waals surface area contributed by atoms with E-state index in [2.05, 4.69) is 0 Å². The number of aliphatic carboxylic acids is 1. The fourth-order valence-electron chi connectivity index (χ4n) is 2.53. The van der Waals surface area contributed by atoms with E-state index in [0.29, 0.717) is 17.1 Å². The zero-order valence-corrected chi connectivity index (χ0v) is 10.7. The van der Waals surface area contributed by atoms with Gasteiger partial charge in [-0.25, -0.2) is 4.79 Å². The first-order valence-electron chi connectivity index (χ1n) is 5.70. The summed E-state index contributed by atoms with van der Waals surface area (Å²) in [5, 5.41) is 27.5. The summed E-state index contributed by atoms with van der Waals surface area (Å²) in [5.41, 5.74) is 0.0142. The number of hydrogen-bond donors (Lipinski definition) is 3. The van der Waals surface area contributed by atoms with Crippen LogP contribution in [0.25, 0.3) is 0 Å². The Hall–Kier alpha value is -1.05. The van der Waals surface area contributed by atoms with Crippen molar-refractivity contribution in [1.82, 2.24) is 4.90 Å². The van der Waals surface area contributed by atoms with Crippen LogP contribution in [0, 0.1) is 5.92 Å². The number of fused-ring (bicyclic) bond motifs is 1. The summed E-state index contributed by atoms with van der Waals surface area (Å²) in [5.74, 6) is -1.56. The Morgan fingerprint density at radius 3 is 2.78 bits per heavy atom. The second kappa shape index (κ2) is 4.91. The molecule has 2 aliphatic heterocycles. The molecular formula is C11H15NO5S. The Morgan fingerprint density at radius 1 is 1.61 bits per heavy atom. The zero-order valence-electron chi connectivity index (χ0n) is 9.87. The van der Waals surface area contributed by atoms with Crippen molar-refractivity contribution >= 4 is 23.6 Å². The molecule has 6 nitrogen and oxygen atoms in total. The number of aliphatic hydroxyl groups is 2. The van der Waals surface area contributed by atoms with Gasteiger partial charge in [-0.1, -0.05) is 0 Å². The molecule has 1 saturated heterocycles. The number of β-lactam (4-membered cyclic amide) rings is 1. The van der Waals surface area contributed by atoms with Crippen LogP contribution >= 0.6 is 11.8 Å². The standard InChI is InChI=1S/C11H15NO5S/c1-5(14)8-6-4-7(18-3-2-13)9(11(16)17)12(6)10(8)15/h5-6,8,13-14H,2-4H2,1H3,(H,16,17)/t5-,6?,8?/m1/s1.